The Morgan fingerprint density at radius 3 is 2.65 bits per heavy atom. The molecular weight excluding hydrogens is 316 g/mol. The zero-order valence-corrected chi connectivity index (χ0v) is 14.6. The molecule has 1 aliphatic rings. The largest absolute Gasteiger partial charge is 0.491 e. The van der Waals surface area contributed by atoms with Gasteiger partial charge in [-0.2, -0.15) is 0 Å². The number of likely N-dealkylation sites (N-methyl/N-ethyl adjacent to an activating group) is 1. The fourth-order valence-corrected chi connectivity index (χ4v) is 3.95. The van der Waals surface area contributed by atoms with Gasteiger partial charge in [0, 0.05) is 19.7 Å². The lowest BCUT2D eigenvalue weighted by molar-refractivity contribution is 0.146. The van der Waals surface area contributed by atoms with E-state index in [2.05, 4.69) is 16.5 Å². The molecule has 0 saturated carbocycles. The van der Waals surface area contributed by atoms with Gasteiger partial charge in [-0.1, -0.05) is 6.92 Å². The maximum atomic E-state index is 12.5. The van der Waals surface area contributed by atoms with Crippen molar-refractivity contribution in [1.82, 2.24) is 9.62 Å². The molecule has 1 heterocycles. The van der Waals surface area contributed by atoms with E-state index in [1.165, 1.54) is 0 Å². The Morgan fingerprint density at radius 2 is 2.00 bits per heavy atom. The standard InChI is InChI=1S/C16H26N2O4S/c1-3-18-10-4-5-14(13-18)17-23(19,20)16-8-6-15(7-9-16)22-12-11-21-2/h6-9,14,17H,3-5,10-13H2,1-2H3. The number of piperidine rings is 1. The highest BCUT2D eigenvalue weighted by Crippen LogP contribution is 2.18. The highest BCUT2D eigenvalue weighted by atomic mass is 32.2. The highest BCUT2D eigenvalue weighted by Gasteiger charge is 2.24. The first-order valence-electron chi connectivity index (χ1n) is 8.01. The van der Waals surface area contributed by atoms with Crippen molar-refractivity contribution in [2.45, 2.75) is 30.7 Å². The van der Waals surface area contributed by atoms with Gasteiger partial charge in [0.1, 0.15) is 12.4 Å². The second kappa shape index (κ2) is 8.63. The summed E-state index contributed by atoms with van der Waals surface area (Å²) in [6, 6.07) is 6.47. The Morgan fingerprint density at radius 1 is 1.26 bits per heavy atom. The Bertz CT molecular complexity index is 574. The molecule has 23 heavy (non-hydrogen) atoms. The molecule has 6 nitrogen and oxygen atoms in total. The molecule has 0 amide bonds. The second-order valence-electron chi connectivity index (χ2n) is 5.67. The van der Waals surface area contributed by atoms with Crippen molar-refractivity contribution >= 4 is 10.0 Å². The normalized spacial score (nSPS) is 19.7. The van der Waals surface area contributed by atoms with Crippen molar-refractivity contribution in [2.24, 2.45) is 0 Å². The van der Waals surface area contributed by atoms with E-state index in [1.54, 1.807) is 31.4 Å². The molecule has 1 saturated heterocycles. The van der Waals surface area contributed by atoms with Crippen LogP contribution in [0.3, 0.4) is 0 Å². The van der Waals surface area contributed by atoms with Gasteiger partial charge in [-0.25, -0.2) is 13.1 Å². The first-order chi connectivity index (χ1) is 11.0. The number of nitrogens with zero attached hydrogens (tertiary/aromatic N) is 1. The quantitative estimate of drug-likeness (QED) is 0.725. The molecule has 1 unspecified atom stereocenters. The molecule has 1 aromatic carbocycles. The SMILES string of the molecule is CCN1CCCC(NS(=O)(=O)c2ccc(OCCOC)cc2)C1. The van der Waals surface area contributed by atoms with E-state index in [4.69, 9.17) is 9.47 Å². The van der Waals surface area contributed by atoms with Crippen LogP contribution in [-0.2, 0) is 14.8 Å². The summed E-state index contributed by atoms with van der Waals surface area (Å²) >= 11 is 0. The molecule has 2 rings (SSSR count). The summed E-state index contributed by atoms with van der Waals surface area (Å²) < 4.78 is 38.1. The second-order valence-corrected chi connectivity index (χ2v) is 7.38. The minimum absolute atomic E-state index is 0.0219. The molecule has 1 aromatic rings. The summed E-state index contributed by atoms with van der Waals surface area (Å²) in [7, 11) is -1.88. The van der Waals surface area contributed by atoms with Crippen LogP contribution in [0.5, 0.6) is 5.75 Å². The van der Waals surface area contributed by atoms with Crippen LogP contribution in [0.15, 0.2) is 29.2 Å². The van der Waals surface area contributed by atoms with Crippen LogP contribution >= 0.6 is 0 Å². The molecule has 1 atom stereocenters. The van der Waals surface area contributed by atoms with Crippen LogP contribution in [0.4, 0.5) is 0 Å². The Balaban J connectivity index is 1.96. The first kappa shape index (κ1) is 18.2. The van der Waals surface area contributed by atoms with Crippen molar-refractivity contribution in [3.05, 3.63) is 24.3 Å². The van der Waals surface area contributed by atoms with Crippen molar-refractivity contribution in [3.63, 3.8) is 0 Å². The lowest BCUT2D eigenvalue weighted by atomic mass is 10.1. The minimum Gasteiger partial charge on any atom is -0.491 e. The fraction of sp³-hybridized carbons (Fsp3) is 0.625. The number of sulfonamides is 1. The van der Waals surface area contributed by atoms with Crippen molar-refractivity contribution < 1.29 is 17.9 Å². The average molecular weight is 342 g/mol. The van der Waals surface area contributed by atoms with Crippen LogP contribution in [0.2, 0.25) is 0 Å². The van der Waals surface area contributed by atoms with Crippen LogP contribution in [0.25, 0.3) is 0 Å². The third-order valence-corrected chi connectivity index (χ3v) is 5.50. The van der Waals surface area contributed by atoms with Crippen LogP contribution in [-0.4, -0.2) is 59.3 Å². The van der Waals surface area contributed by atoms with E-state index in [0.29, 0.717) is 19.0 Å². The molecule has 130 valence electrons. The molecule has 0 spiro atoms. The van der Waals surface area contributed by atoms with E-state index < -0.39 is 10.0 Å². The highest BCUT2D eigenvalue weighted by molar-refractivity contribution is 7.89. The van der Waals surface area contributed by atoms with Gasteiger partial charge in [0.25, 0.3) is 0 Å². The lowest BCUT2D eigenvalue weighted by Crippen LogP contribution is -2.47. The number of ether oxygens (including phenoxy) is 2. The number of benzene rings is 1. The number of hydrogen-bond donors (Lipinski definition) is 1. The van der Waals surface area contributed by atoms with E-state index in [1.807, 2.05) is 0 Å². The molecule has 7 heteroatoms. The summed E-state index contributed by atoms with van der Waals surface area (Å²) in [5, 5.41) is 0. The summed E-state index contributed by atoms with van der Waals surface area (Å²) in [4.78, 5) is 2.54. The molecule has 0 aromatic heterocycles. The van der Waals surface area contributed by atoms with E-state index in [9.17, 15) is 8.42 Å². The van der Waals surface area contributed by atoms with E-state index in [-0.39, 0.29) is 10.9 Å². The lowest BCUT2D eigenvalue weighted by Gasteiger charge is -2.32. The van der Waals surface area contributed by atoms with E-state index in [0.717, 1.165) is 32.5 Å². The third-order valence-electron chi connectivity index (χ3n) is 3.96. The van der Waals surface area contributed by atoms with Gasteiger partial charge < -0.3 is 14.4 Å². The molecular formula is C16H26N2O4S. The predicted octanol–water partition coefficient (Wildman–Crippen LogP) is 1.47. The summed E-state index contributed by atoms with van der Waals surface area (Å²) in [6.45, 7) is 5.80. The van der Waals surface area contributed by atoms with Crippen LogP contribution < -0.4 is 9.46 Å². The van der Waals surface area contributed by atoms with Crippen LogP contribution in [0.1, 0.15) is 19.8 Å². The van der Waals surface area contributed by atoms with Crippen molar-refractivity contribution in [3.8, 4) is 5.75 Å². The maximum Gasteiger partial charge on any atom is 0.240 e. The van der Waals surface area contributed by atoms with Crippen LogP contribution in [0, 0.1) is 0 Å². The smallest absolute Gasteiger partial charge is 0.240 e. The van der Waals surface area contributed by atoms with Gasteiger partial charge >= 0.3 is 0 Å². The van der Waals surface area contributed by atoms with Crippen molar-refractivity contribution in [2.75, 3.05) is 40.0 Å². The van der Waals surface area contributed by atoms with Gasteiger partial charge in [0.15, 0.2) is 0 Å². The Labute approximate surface area is 138 Å². The third kappa shape index (κ3) is 5.46. The number of likely N-dealkylation sites (tertiary alicyclic amines) is 1. The van der Waals surface area contributed by atoms with Gasteiger partial charge in [0.05, 0.1) is 11.5 Å². The maximum absolute atomic E-state index is 12.5. The first-order valence-corrected chi connectivity index (χ1v) is 9.50. The Kier molecular flexibility index (Phi) is 6.83. The molecule has 0 radical (unpaired) electrons. The summed E-state index contributed by atoms with van der Waals surface area (Å²) in [5.41, 5.74) is 0. The van der Waals surface area contributed by atoms with Gasteiger partial charge in [-0.15, -0.1) is 0 Å². The molecule has 1 N–H and O–H groups in total. The number of methoxy groups -OCH3 is 1. The zero-order valence-electron chi connectivity index (χ0n) is 13.8. The molecule has 0 bridgehead atoms. The van der Waals surface area contributed by atoms with Gasteiger partial charge in [-0.3, -0.25) is 0 Å². The Hall–Kier alpha value is -1.15. The number of hydrogen-bond acceptors (Lipinski definition) is 5. The van der Waals surface area contributed by atoms with Gasteiger partial charge in [-0.05, 0) is 50.2 Å². The molecule has 1 fully saturated rings. The van der Waals surface area contributed by atoms with E-state index >= 15 is 0 Å². The summed E-state index contributed by atoms with van der Waals surface area (Å²) in [6.07, 6.45) is 1.90. The van der Waals surface area contributed by atoms with Crippen molar-refractivity contribution in [1.29, 1.82) is 0 Å². The monoisotopic (exact) mass is 342 g/mol. The zero-order chi connectivity index (χ0) is 16.7. The minimum atomic E-state index is -3.49. The average Bonchev–Trinajstić information content (AvgIpc) is 2.55. The fourth-order valence-electron chi connectivity index (χ4n) is 2.68. The summed E-state index contributed by atoms with van der Waals surface area (Å²) in [5.74, 6) is 0.635. The molecule has 1 aliphatic heterocycles. The number of nitrogens with one attached hydrogen (secondary N) is 1. The topological polar surface area (TPSA) is 67.9 Å². The molecule has 0 aliphatic carbocycles. The predicted molar refractivity (Wildman–Crippen MR) is 89.3 cm³/mol. The number of rotatable bonds is 8. The van der Waals surface area contributed by atoms with Gasteiger partial charge in [0.2, 0.25) is 10.0 Å².